The molecule has 0 spiro atoms. The van der Waals surface area contributed by atoms with Gasteiger partial charge in [-0.3, -0.25) is 25.2 Å². The van der Waals surface area contributed by atoms with E-state index < -0.39 is 17.8 Å². The van der Waals surface area contributed by atoms with Crippen LogP contribution in [-0.2, 0) is 25.5 Å². The lowest BCUT2D eigenvalue weighted by molar-refractivity contribution is -0.145. The monoisotopic (exact) mass is 434 g/mol. The SMILES string of the molecule is O=C(CCC(=O)OCCCc1ccccc1)NNC(=O)COc1ccc2ccccc2c1. The third kappa shape index (κ3) is 7.75. The predicted molar refractivity (Wildman–Crippen MR) is 121 cm³/mol. The third-order valence-corrected chi connectivity index (χ3v) is 4.70. The van der Waals surface area contributed by atoms with Crippen molar-refractivity contribution >= 4 is 28.6 Å². The Morgan fingerprint density at radius 1 is 0.750 bits per heavy atom. The number of carbonyl (C=O) groups excluding carboxylic acids is 3. The number of aryl methyl sites for hydroxylation is 1. The highest BCUT2D eigenvalue weighted by molar-refractivity contribution is 5.85. The van der Waals surface area contributed by atoms with E-state index in [4.69, 9.17) is 9.47 Å². The van der Waals surface area contributed by atoms with Gasteiger partial charge in [0.15, 0.2) is 6.61 Å². The molecular formula is C25H26N2O5. The van der Waals surface area contributed by atoms with Crippen LogP contribution in [0.2, 0.25) is 0 Å². The van der Waals surface area contributed by atoms with Crippen LogP contribution >= 0.6 is 0 Å². The molecule has 0 aliphatic carbocycles. The molecule has 166 valence electrons. The Hall–Kier alpha value is -3.87. The molecule has 2 N–H and O–H groups in total. The van der Waals surface area contributed by atoms with Gasteiger partial charge >= 0.3 is 5.97 Å². The van der Waals surface area contributed by atoms with E-state index in [1.165, 1.54) is 5.56 Å². The van der Waals surface area contributed by atoms with E-state index in [-0.39, 0.29) is 19.4 Å². The van der Waals surface area contributed by atoms with Crippen LogP contribution in [-0.4, -0.2) is 31.0 Å². The number of benzene rings is 3. The molecule has 7 heteroatoms. The highest BCUT2D eigenvalue weighted by atomic mass is 16.5. The molecule has 0 fully saturated rings. The quantitative estimate of drug-likeness (QED) is 0.290. The summed E-state index contributed by atoms with van der Waals surface area (Å²) in [6.07, 6.45) is 1.40. The second-order valence-electron chi connectivity index (χ2n) is 7.20. The molecule has 0 radical (unpaired) electrons. The molecule has 3 aromatic rings. The highest BCUT2D eigenvalue weighted by Gasteiger charge is 2.10. The summed E-state index contributed by atoms with van der Waals surface area (Å²) in [6.45, 7) is 0.0558. The minimum absolute atomic E-state index is 0.0549. The standard InChI is InChI=1S/C25H26N2O5/c28-23(14-15-25(30)31-16-6-9-19-7-2-1-3-8-19)26-27-24(29)18-32-22-13-12-20-10-4-5-11-21(20)17-22/h1-5,7-8,10-13,17H,6,9,14-16,18H2,(H,26,28)(H,27,29). The molecule has 3 rings (SSSR count). The third-order valence-electron chi connectivity index (χ3n) is 4.70. The molecule has 0 atom stereocenters. The lowest BCUT2D eigenvalue weighted by atomic mass is 10.1. The first kappa shape index (κ1) is 22.8. The van der Waals surface area contributed by atoms with Gasteiger partial charge in [-0.25, -0.2) is 0 Å². The molecule has 0 saturated heterocycles. The van der Waals surface area contributed by atoms with Gasteiger partial charge in [0.25, 0.3) is 5.91 Å². The maximum atomic E-state index is 11.9. The van der Waals surface area contributed by atoms with Crippen molar-refractivity contribution in [3.63, 3.8) is 0 Å². The van der Waals surface area contributed by atoms with E-state index in [2.05, 4.69) is 10.9 Å². The number of amides is 2. The Labute approximate surface area is 186 Å². The molecule has 7 nitrogen and oxygen atoms in total. The second kappa shape index (κ2) is 12.1. The van der Waals surface area contributed by atoms with Crippen LogP contribution in [0.15, 0.2) is 72.8 Å². The average Bonchev–Trinajstić information content (AvgIpc) is 2.83. The zero-order valence-corrected chi connectivity index (χ0v) is 17.7. The fraction of sp³-hybridized carbons (Fsp3) is 0.240. The number of carbonyl (C=O) groups is 3. The number of fused-ring (bicyclic) bond motifs is 1. The fourth-order valence-electron chi connectivity index (χ4n) is 3.04. The van der Waals surface area contributed by atoms with E-state index in [1.54, 1.807) is 6.07 Å². The summed E-state index contributed by atoms with van der Waals surface area (Å²) in [7, 11) is 0. The van der Waals surface area contributed by atoms with Crippen molar-refractivity contribution in [2.75, 3.05) is 13.2 Å². The summed E-state index contributed by atoms with van der Waals surface area (Å²) < 4.78 is 10.6. The van der Waals surface area contributed by atoms with Gasteiger partial charge in [0.1, 0.15) is 5.75 Å². The Bertz CT molecular complexity index is 1050. The maximum absolute atomic E-state index is 11.9. The van der Waals surface area contributed by atoms with Crippen molar-refractivity contribution in [1.82, 2.24) is 10.9 Å². The number of esters is 1. The summed E-state index contributed by atoms with van der Waals surface area (Å²) in [5, 5.41) is 2.08. The molecule has 0 unspecified atom stereocenters. The lowest BCUT2D eigenvalue weighted by Gasteiger charge is -2.09. The molecule has 0 aliphatic rings. The van der Waals surface area contributed by atoms with Gasteiger partial charge < -0.3 is 9.47 Å². The Balaban J connectivity index is 1.26. The lowest BCUT2D eigenvalue weighted by Crippen LogP contribution is -2.43. The van der Waals surface area contributed by atoms with Crippen LogP contribution < -0.4 is 15.6 Å². The van der Waals surface area contributed by atoms with Gasteiger partial charge in [0, 0.05) is 6.42 Å². The maximum Gasteiger partial charge on any atom is 0.306 e. The Morgan fingerprint density at radius 2 is 1.47 bits per heavy atom. The first-order chi connectivity index (χ1) is 15.6. The molecule has 0 bridgehead atoms. The van der Waals surface area contributed by atoms with Gasteiger partial charge in [-0.05, 0) is 41.3 Å². The molecule has 0 heterocycles. The van der Waals surface area contributed by atoms with Crippen molar-refractivity contribution in [2.45, 2.75) is 25.7 Å². The largest absolute Gasteiger partial charge is 0.484 e. The fourth-order valence-corrected chi connectivity index (χ4v) is 3.04. The summed E-state index contributed by atoms with van der Waals surface area (Å²) in [5.41, 5.74) is 5.72. The summed E-state index contributed by atoms with van der Waals surface area (Å²) in [6, 6.07) is 23.3. The number of ether oxygens (including phenoxy) is 2. The van der Waals surface area contributed by atoms with Crippen molar-refractivity contribution < 1.29 is 23.9 Å². The van der Waals surface area contributed by atoms with Crippen LogP contribution in [0.4, 0.5) is 0 Å². The van der Waals surface area contributed by atoms with Gasteiger partial charge in [0.05, 0.1) is 13.0 Å². The van der Waals surface area contributed by atoms with Gasteiger partial charge in [-0.1, -0.05) is 60.7 Å². The number of hydrogen-bond donors (Lipinski definition) is 2. The minimum atomic E-state index is -0.505. The second-order valence-corrected chi connectivity index (χ2v) is 7.20. The van der Waals surface area contributed by atoms with Crippen LogP contribution in [0.5, 0.6) is 5.75 Å². The summed E-state index contributed by atoms with van der Waals surface area (Å²) >= 11 is 0. The van der Waals surface area contributed by atoms with Crippen molar-refractivity contribution in [3.05, 3.63) is 78.4 Å². The van der Waals surface area contributed by atoms with Gasteiger partial charge in [0.2, 0.25) is 5.91 Å². The molecule has 0 aromatic heterocycles. The summed E-state index contributed by atoms with van der Waals surface area (Å²) in [4.78, 5) is 35.4. The van der Waals surface area contributed by atoms with E-state index in [1.807, 2.05) is 66.7 Å². The topological polar surface area (TPSA) is 93.7 Å². The van der Waals surface area contributed by atoms with Gasteiger partial charge in [-0.2, -0.15) is 0 Å². The number of hydrazine groups is 1. The van der Waals surface area contributed by atoms with Crippen LogP contribution in [0.1, 0.15) is 24.8 Å². The Kier molecular flexibility index (Phi) is 8.62. The van der Waals surface area contributed by atoms with E-state index >= 15 is 0 Å². The molecule has 3 aromatic carbocycles. The molecule has 0 aliphatic heterocycles. The zero-order valence-electron chi connectivity index (χ0n) is 17.7. The number of hydrogen-bond acceptors (Lipinski definition) is 5. The Morgan fingerprint density at radius 3 is 2.28 bits per heavy atom. The first-order valence-electron chi connectivity index (χ1n) is 10.5. The zero-order chi connectivity index (χ0) is 22.6. The smallest absolute Gasteiger partial charge is 0.306 e. The minimum Gasteiger partial charge on any atom is -0.484 e. The van der Waals surface area contributed by atoms with Crippen molar-refractivity contribution in [3.8, 4) is 5.75 Å². The van der Waals surface area contributed by atoms with Gasteiger partial charge in [-0.15, -0.1) is 0 Å². The van der Waals surface area contributed by atoms with Crippen LogP contribution in [0.25, 0.3) is 10.8 Å². The number of nitrogens with one attached hydrogen (secondary N) is 2. The van der Waals surface area contributed by atoms with E-state index in [0.717, 1.165) is 23.6 Å². The predicted octanol–water partition coefficient (Wildman–Crippen LogP) is 3.32. The molecule has 0 saturated carbocycles. The van der Waals surface area contributed by atoms with Crippen molar-refractivity contribution in [2.24, 2.45) is 0 Å². The van der Waals surface area contributed by atoms with E-state index in [0.29, 0.717) is 12.4 Å². The normalized spacial score (nSPS) is 10.4. The van der Waals surface area contributed by atoms with Crippen molar-refractivity contribution in [1.29, 1.82) is 0 Å². The average molecular weight is 434 g/mol. The highest BCUT2D eigenvalue weighted by Crippen LogP contribution is 2.20. The first-order valence-corrected chi connectivity index (χ1v) is 10.5. The number of rotatable bonds is 10. The van der Waals surface area contributed by atoms with Crippen LogP contribution in [0, 0.1) is 0 Å². The molecule has 2 amide bonds. The molecule has 32 heavy (non-hydrogen) atoms. The van der Waals surface area contributed by atoms with Crippen LogP contribution in [0.3, 0.4) is 0 Å². The summed E-state index contributed by atoms with van der Waals surface area (Å²) in [5.74, 6) is -0.875. The van der Waals surface area contributed by atoms with E-state index in [9.17, 15) is 14.4 Å². The molecular weight excluding hydrogens is 408 g/mol.